The summed E-state index contributed by atoms with van der Waals surface area (Å²) in [4.78, 5) is 13.2. The fourth-order valence-corrected chi connectivity index (χ4v) is 2.55. The Labute approximate surface area is 130 Å². The molecule has 20 heavy (non-hydrogen) atoms. The van der Waals surface area contributed by atoms with Gasteiger partial charge in [-0.25, -0.2) is 0 Å². The van der Waals surface area contributed by atoms with Crippen molar-refractivity contribution < 1.29 is 27.6 Å². The van der Waals surface area contributed by atoms with E-state index in [9.17, 15) is 9.90 Å². The summed E-state index contributed by atoms with van der Waals surface area (Å²) in [6.07, 6.45) is 1.07. The van der Waals surface area contributed by atoms with Crippen LogP contribution in [-0.4, -0.2) is 41.7 Å². The van der Waals surface area contributed by atoms with E-state index < -0.39 is 6.10 Å². The molecule has 0 radical (unpaired) electrons. The summed E-state index contributed by atoms with van der Waals surface area (Å²) in [6, 6.07) is 7.71. The summed E-state index contributed by atoms with van der Waals surface area (Å²) in [6.45, 7) is 2.61. The maximum absolute atomic E-state index is 11.4. The molecule has 1 fully saturated rings. The lowest BCUT2D eigenvalue weighted by Gasteiger charge is -2.18. The second-order valence-corrected chi connectivity index (χ2v) is 5.39. The van der Waals surface area contributed by atoms with Gasteiger partial charge in [0, 0.05) is 23.6 Å². The molecule has 1 saturated heterocycles. The average Bonchev–Trinajstić information content (AvgIpc) is 2.75. The van der Waals surface area contributed by atoms with Crippen LogP contribution in [0.1, 0.15) is 18.4 Å². The largest absolute Gasteiger partial charge is 1.00 e. The number of quaternary nitrogens is 1. The number of aliphatic hydroxyl groups is 1. The van der Waals surface area contributed by atoms with Crippen molar-refractivity contribution in [3.05, 3.63) is 34.9 Å². The van der Waals surface area contributed by atoms with Crippen LogP contribution in [0.15, 0.2) is 24.3 Å². The third-order valence-electron chi connectivity index (χ3n) is 3.31. The highest BCUT2D eigenvalue weighted by molar-refractivity contribution is 6.30. The van der Waals surface area contributed by atoms with Crippen molar-refractivity contribution in [2.45, 2.75) is 25.5 Å². The molecule has 2 rings (SSSR count). The zero-order valence-electron chi connectivity index (χ0n) is 11.3. The SMILES string of the molecule is O=C1CCCN1CC(O)C[NH2+]Cc1cccc(Cl)c1.[Cl-]. The van der Waals surface area contributed by atoms with Crippen molar-refractivity contribution in [2.24, 2.45) is 0 Å². The Balaban J connectivity index is 0.00000200. The summed E-state index contributed by atoms with van der Waals surface area (Å²) in [5.41, 5.74) is 1.14. The average molecular weight is 319 g/mol. The van der Waals surface area contributed by atoms with Gasteiger partial charge in [-0.05, 0) is 18.6 Å². The van der Waals surface area contributed by atoms with E-state index >= 15 is 0 Å². The highest BCUT2D eigenvalue weighted by atomic mass is 35.5. The number of hydrogen-bond donors (Lipinski definition) is 2. The maximum atomic E-state index is 11.4. The molecule has 4 nitrogen and oxygen atoms in total. The minimum atomic E-state index is -0.471. The molecule has 0 aromatic heterocycles. The van der Waals surface area contributed by atoms with Gasteiger partial charge < -0.3 is 27.7 Å². The number of halogens is 2. The molecule has 3 N–H and O–H groups in total. The number of β-amino-alcohol motifs (C(OH)–C–C–N with tert-alkyl or cyclic N) is 1. The van der Waals surface area contributed by atoms with Gasteiger partial charge in [-0.2, -0.15) is 0 Å². The van der Waals surface area contributed by atoms with Crippen LogP contribution in [0.5, 0.6) is 0 Å². The number of amides is 1. The molecule has 0 bridgehead atoms. The zero-order chi connectivity index (χ0) is 13.7. The Bertz CT molecular complexity index is 443. The van der Waals surface area contributed by atoms with E-state index in [-0.39, 0.29) is 18.3 Å². The van der Waals surface area contributed by atoms with Gasteiger partial charge in [-0.1, -0.05) is 23.7 Å². The van der Waals surface area contributed by atoms with Crippen LogP contribution in [0.3, 0.4) is 0 Å². The first-order valence-electron chi connectivity index (χ1n) is 6.67. The molecule has 1 aromatic rings. The summed E-state index contributed by atoms with van der Waals surface area (Å²) in [5, 5.41) is 12.7. The van der Waals surface area contributed by atoms with Gasteiger partial charge in [0.25, 0.3) is 0 Å². The van der Waals surface area contributed by atoms with E-state index in [2.05, 4.69) is 0 Å². The molecule has 0 aliphatic carbocycles. The minimum absolute atomic E-state index is 0. The molecule has 1 amide bonds. The van der Waals surface area contributed by atoms with Crippen molar-refractivity contribution in [2.75, 3.05) is 19.6 Å². The van der Waals surface area contributed by atoms with E-state index in [1.165, 1.54) is 0 Å². The topological polar surface area (TPSA) is 57.2 Å². The fraction of sp³-hybridized carbons (Fsp3) is 0.500. The van der Waals surface area contributed by atoms with E-state index in [1.54, 1.807) is 4.90 Å². The Kier molecular flexibility index (Phi) is 7.30. The Morgan fingerprint density at radius 1 is 1.45 bits per heavy atom. The standard InChI is InChI=1S/C14H19ClN2O2.ClH/c15-12-4-1-3-11(7-12)8-16-9-13(18)10-17-6-2-5-14(17)19;/h1,3-4,7,13,16,18H,2,5-6,8-10H2;1H. The lowest BCUT2D eigenvalue weighted by atomic mass is 10.2. The van der Waals surface area contributed by atoms with Crippen molar-refractivity contribution in [3.8, 4) is 0 Å². The molecule has 1 heterocycles. The van der Waals surface area contributed by atoms with E-state index in [4.69, 9.17) is 11.6 Å². The molecule has 112 valence electrons. The number of hydrogen-bond acceptors (Lipinski definition) is 2. The van der Waals surface area contributed by atoms with Crippen molar-refractivity contribution in [3.63, 3.8) is 0 Å². The van der Waals surface area contributed by atoms with Gasteiger partial charge in [0.15, 0.2) is 0 Å². The predicted molar refractivity (Wildman–Crippen MR) is 73.8 cm³/mol. The zero-order valence-corrected chi connectivity index (χ0v) is 12.8. The number of nitrogens with zero attached hydrogens (tertiary/aromatic N) is 1. The van der Waals surface area contributed by atoms with Gasteiger partial charge in [-0.3, -0.25) is 4.79 Å². The fourth-order valence-electron chi connectivity index (χ4n) is 2.33. The highest BCUT2D eigenvalue weighted by Crippen LogP contribution is 2.10. The van der Waals surface area contributed by atoms with Crippen LogP contribution in [0, 0.1) is 0 Å². The third-order valence-corrected chi connectivity index (χ3v) is 3.55. The van der Waals surface area contributed by atoms with E-state index in [1.807, 2.05) is 29.6 Å². The quantitative estimate of drug-likeness (QED) is 0.604. The summed E-state index contributed by atoms with van der Waals surface area (Å²) in [5.74, 6) is 0.161. The van der Waals surface area contributed by atoms with Crippen LogP contribution in [-0.2, 0) is 11.3 Å². The predicted octanol–water partition coefficient (Wildman–Crippen LogP) is -2.61. The number of aliphatic hydroxyl groups excluding tert-OH is 1. The second-order valence-electron chi connectivity index (χ2n) is 4.96. The molecule has 1 unspecified atom stereocenters. The monoisotopic (exact) mass is 318 g/mol. The van der Waals surface area contributed by atoms with Gasteiger partial charge in [0.1, 0.15) is 19.2 Å². The normalized spacial score (nSPS) is 16.1. The Morgan fingerprint density at radius 3 is 2.90 bits per heavy atom. The number of carbonyl (C=O) groups excluding carboxylic acids is 1. The number of carbonyl (C=O) groups is 1. The molecule has 0 saturated carbocycles. The van der Waals surface area contributed by atoms with Crippen LogP contribution in [0.4, 0.5) is 0 Å². The first-order chi connectivity index (χ1) is 9.15. The number of likely N-dealkylation sites (tertiary alicyclic amines) is 1. The molecular formula is C14H20Cl2N2O2. The van der Waals surface area contributed by atoms with E-state index in [0.717, 1.165) is 30.1 Å². The lowest BCUT2D eigenvalue weighted by Crippen LogP contribution is -3.00. The molecule has 6 heteroatoms. The van der Waals surface area contributed by atoms with Crippen molar-refractivity contribution in [1.29, 1.82) is 0 Å². The smallest absolute Gasteiger partial charge is 0.222 e. The molecule has 1 atom stereocenters. The number of nitrogens with two attached hydrogens (primary N) is 1. The van der Waals surface area contributed by atoms with Crippen LogP contribution in [0.2, 0.25) is 5.02 Å². The first kappa shape index (κ1) is 17.2. The van der Waals surface area contributed by atoms with Crippen molar-refractivity contribution in [1.82, 2.24) is 4.90 Å². The molecular weight excluding hydrogens is 299 g/mol. The van der Waals surface area contributed by atoms with Crippen LogP contribution < -0.4 is 17.7 Å². The second kappa shape index (κ2) is 8.47. The molecule has 1 aromatic carbocycles. The summed E-state index contributed by atoms with van der Waals surface area (Å²) < 4.78 is 0. The van der Waals surface area contributed by atoms with Gasteiger partial charge in [-0.15, -0.1) is 0 Å². The first-order valence-corrected chi connectivity index (χ1v) is 7.05. The minimum Gasteiger partial charge on any atom is -1.00 e. The van der Waals surface area contributed by atoms with Crippen LogP contribution in [0.25, 0.3) is 0 Å². The summed E-state index contributed by atoms with van der Waals surface area (Å²) >= 11 is 5.91. The summed E-state index contributed by atoms with van der Waals surface area (Å²) in [7, 11) is 0. The van der Waals surface area contributed by atoms with Crippen molar-refractivity contribution >= 4 is 17.5 Å². The number of benzene rings is 1. The van der Waals surface area contributed by atoms with Gasteiger partial charge in [0.2, 0.25) is 5.91 Å². The third kappa shape index (κ3) is 5.29. The van der Waals surface area contributed by atoms with E-state index in [0.29, 0.717) is 19.5 Å². The van der Waals surface area contributed by atoms with Crippen LogP contribution >= 0.6 is 11.6 Å². The lowest BCUT2D eigenvalue weighted by molar-refractivity contribution is -0.676. The maximum Gasteiger partial charge on any atom is 0.222 e. The van der Waals surface area contributed by atoms with Gasteiger partial charge >= 0.3 is 0 Å². The molecule has 0 spiro atoms. The molecule has 1 aliphatic rings. The molecule has 1 aliphatic heterocycles. The Hall–Kier alpha value is -0.810. The van der Waals surface area contributed by atoms with Gasteiger partial charge in [0.05, 0.1) is 6.54 Å². The Morgan fingerprint density at radius 2 is 2.25 bits per heavy atom. The highest BCUT2D eigenvalue weighted by Gasteiger charge is 2.22. The number of rotatable bonds is 6.